The number of ether oxygens (including phenoxy) is 1. The van der Waals surface area contributed by atoms with E-state index < -0.39 is 5.91 Å². The number of fused-ring (bicyclic) bond motifs is 1. The van der Waals surface area contributed by atoms with Crippen molar-refractivity contribution in [3.8, 4) is 11.8 Å². The second kappa shape index (κ2) is 6.53. The highest BCUT2D eigenvalue weighted by molar-refractivity contribution is 6.02. The Morgan fingerprint density at radius 1 is 1.40 bits per heavy atom. The second-order valence-corrected chi connectivity index (χ2v) is 5.65. The molecule has 1 aromatic carbocycles. The lowest BCUT2D eigenvalue weighted by molar-refractivity contribution is 0.100. The van der Waals surface area contributed by atoms with Crippen LogP contribution in [0.5, 0.6) is 5.75 Å². The van der Waals surface area contributed by atoms with Crippen LogP contribution in [0.25, 0.3) is 5.52 Å². The van der Waals surface area contributed by atoms with Crippen LogP contribution in [0.2, 0.25) is 0 Å². The number of hydrogen-bond acceptors (Lipinski definition) is 5. The summed E-state index contributed by atoms with van der Waals surface area (Å²) >= 11 is 0. The van der Waals surface area contributed by atoms with Crippen molar-refractivity contribution in [3.63, 3.8) is 0 Å². The number of rotatable bonds is 5. The summed E-state index contributed by atoms with van der Waals surface area (Å²) in [6.45, 7) is 3.80. The first-order valence-electron chi connectivity index (χ1n) is 7.65. The van der Waals surface area contributed by atoms with Crippen molar-refractivity contribution in [3.05, 3.63) is 53.3 Å². The van der Waals surface area contributed by atoms with E-state index >= 15 is 0 Å². The molecule has 1 amide bonds. The first kappa shape index (κ1) is 16.3. The van der Waals surface area contributed by atoms with Crippen molar-refractivity contribution in [1.29, 1.82) is 5.26 Å². The van der Waals surface area contributed by atoms with Crippen LogP contribution in [0.3, 0.4) is 0 Å². The molecule has 0 fully saturated rings. The summed E-state index contributed by atoms with van der Waals surface area (Å²) in [7, 11) is 0. The summed E-state index contributed by atoms with van der Waals surface area (Å²) in [5.41, 5.74) is 9.70. The lowest BCUT2D eigenvalue weighted by Crippen LogP contribution is -2.15. The minimum absolute atomic E-state index is 0.00455. The van der Waals surface area contributed by atoms with E-state index in [-0.39, 0.29) is 6.61 Å². The van der Waals surface area contributed by atoms with Gasteiger partial charge in [-0.3, -0.25) is 4.79 Å². The molecule has 7 heteroatoms. The van der Waals surface area contributed by atoms with Gasteiger partial charge >= 0.3 is 0 Å². The van der Waals surface area contributed by atoms with Crippen molar-refractivity contribution >= 4 is 22.8 Å². The Kier molecular flexibility index (Phi) is 4.27. The highest BCUT2D eigenvalue weighted by atomic mass is 16.5. The van der Waals surface area contributed by atoms with E-state index in [9.17, 15) is 4.79 Å². The number of nitrogens with zero attached hydrogens (tertiary/aromatic N) is 3. The van der Waals surface area contributed by atoms with Gasteiger partial charge in [0.1, 0.15) is 11.8 Å². The van der Waals surface area contributed by atoms with Crippen LogP contribution < -0.4 is 15.8 Å². The van der Waals surface area contributed by atoms with Crippen molar-refractivity contribution in [2.75, 3.05) is 11.9 Å². The number of aromatic nitrogens is 2. The number of benzene rings is 1. The van der Waals surface area contributed by atoms with Crippen molar-refractivity contribution < 1.29 is 9.53 Å². The van der Waals surface area contributed by atoms with E-state index in [4.69, 9.17) is 15.7 Å². The summed E-state index contributed by atoms with van der Waals surface area (Å²) in [6.07, 6.45) is 3.24. The third kappa shape index (κ3) is 3.10. The molecular weight excluding hydrogens is 318 g/mol. The highest BCUT2D eigenvalue weighted by Crippen LogP contribution is 2.31. The van der Waals surface area contributed by atoms with Gasteiger partial charge in [-0.05, 0) is 49.2 Å². The molecule has 7 nitrogen and oxygen atoms in total. The zero-order valence-corrected chi connectivity index (χ0v) is 13.9. The third-order valence-electron chi connectivity index (χ3n) is 3.84. The Morgan fingerprint density at radius 2 is 2.12 bits per heavy atom. The first-order valence-corrected chi connectivity index (χ1v) is 7.65. The Labute approximate surface area is 144 Å². The second-order valence-electron chi connectivity index (χ2n) is 5.65. The average Bonchev–Trinajstić information content (AvgIpc) is 3.03. The van der Waals surface area contributed by atoms with E-state index in [1.54, 1.807) is 10.7 Å². The molecule has 0 aliphatic heterocycles. The normalized spacial score (nSPS) is 10.4. The van der Waals surface area contributed by atoms with Crippen LogP contribution >= 0.6 is 0 Å². The van der Waals surface area contributed by atoms with E-state index in [0.29, 0.717) is 17.0 Å². The number of primary amides is 1. The molecule has 3 aromatic rings. The summed E-state index contributed by atoms with van der Waals surface area (Å²) in [5, 5.41) is 16.1. The quantitative estimate of drug-likeness (QED) is 0.746. The third-order valence-corrected chi connectivity index (χ3v) is 3.84. The lowest BCUT2D eigenvalue weighted by atomic mass is 10.1. The minimum Gasteiger partial charge on any atom is -0.478 e. The molecule has 0 saturated heterocycles. The Morgan fingerprint density at radius 3 is 2.76 bits per heavy atom. The average molecular weight is 335 g/mol. The highest BCUT2D eigenvalue weighted by Gasteiger charge is 2.15. The number of hydrogen-bond donors (Lipinski definition) is 2. The van der Waals surface area contributed by atoms with Crippen molar-refractivity contribution in [2.24, 2.45) is 5.73 Å². The number of nitriles is 1. The van der Waals surface area contributed by atoms with Crippen LogP contribution in [0.4, 0.5) is 11.4 Å². The summed E-state index contributed by atoms with van der Waals surface area (Å²) in [6, 6.07) is 9.44. The van der Waals surface area contributed by atoms with Crippen molar-refractivity contribution in [1.82, 2.24) is 9.61 Å². The van der Waals surface area contributed by atoms with Gasteiger partial charge in [-0.1, -0.05) is 0 Å². The van der Waals surface area contributed by atoms with Crippen LogP contribution in [0.15, 0.2) is 36.7 Å². The van der Waals surface area contributed by atoms with E-state index in [1.807, 2.05) is 44.2 Å². The van der Waals surface area contributed by atoms with Gasteiger partial charge in [-0.15, -0.1) is 0 Å². The predicted octanol–water partition coefficient (Wildman–Crippen LogP) is 2.70. The van der Waals surface area contributed by atoms with Gasteiger partial charge in [0.05, 0.1) is 23.0 Å². The van der Waals surface area contributed by atoms with Gasteiger partial charge in [0.15, 0.2) is 6.61 Å². The number of amides is 1. The molecule has 2 aromatic heterocycles. The topological polar surface area (TPSA) is 105 Å². The number of aryl methyl sites for hydroxylation is 2. The minimum atomic E-state index is -0.555. The van der Waals surface area contributed by atoms with Crippen molar-refractivity contribution in [2.45, 2.75) is 13.8 Å². The molecule has 0 unspecified atom stereocenters. The van der Waals surface area contributed by atoms with Gasteiger partial charge in [0.25, 0.3) is 5.91 Å². The summed E-state index contributed by atoms with van der Waals surface area (Å²) < 4.78 is 7.13. The Hall–Kier alpha value is -3.53. The molecule has 0 saturated carbocycles. The molecule has 3 N–H and O–H groups in total. The zero-order valence-electron chi connectivity index (χ0n) is 13.9. The number of nitrogens with two attached hydrogens (primary N) is 1. The molecule has 2 heterocycles. The molecule has 0 bridgehead atoms. The maximum absolute atomic E-state index is 11.8. The number of carbonyl (C=O) groups is 1. The van der Waals surface area contributed by atoms with Gasteiger partial charge in [-0.2, -0.15) is 10.4 Å². The molecule has 0 aliphatic rings. The first-order chi connectivity index (χ1) is 12.0. The molecule has 25 heavy (non-hydrogen) atoms. The fourth-order valence-corrected chi connectivity index (χ4v) is 2.81. The van der Waals surface area contributed by atoms with Crippen LogP contribution in [-0.4, -0.2) is 22.1 Å². The SMILES string of the molecule is Cc1cc(Nc2c(C(N)=O)cnn3cccc23)cc(C)c1OCC#N. The molecule has 0 radical (unpaired) electrons. The summed E-state index contributed by atoms with van der Waals surface area (Å²) in [4.78, 5) is 11.8. The van der Waals surface area contributed by atoms with Gasteiger partial charge in [-0.25, -0.2) is 4.52 Å². The summed E-state index contributed by atoms with van der Waals surface area (Å²) in [5.74, 6) is 0.130. The lowest BCUT2D eigenvalue weighted by Gasteiger charge is -2.15. The van der Waals surface area contributed by atoms with E-state index in [0.717, 1.165) is 22.3 Å². The molecule has 126 valence electrons. The molecule has 0 spiro atoms. The van der Waals surface area contributed by atoms with E-state index in [2.05, 4.69) is 10.4 Å². The van der Waals surface area contributed by atoms with Gasteiger partial charge in [0.2, 0.25) is 0 Å². The fourth-order valence-electron chi connectivity index (χ4n) is 2.81. The predicted molar refractivity (Wildman–Crippen MR) is 94.0 cm³/mol. The molecule has 0 atom stereocenters. The molecule has 0 aliphatic carbocycles. The smallest absolute Gasteiger partial charge is 0.252 e. The maximum atomic E-state index is 11.8. The Bertz CT molecular complexity index is 977. The van der Waals surface area contributed by atoms with Crippen LogP contribution in [0, 0.1) is 25.2 Å². The monoisotopic (exact) mass is 335 g/mol. The van der Waals surface area contributed by atoms with Gasteiger partial charge < -0.3 is 15.8 Å². The standard InChI is InChI=1S/C18H17N5O2/c1-11-8-13(9-12(2)17(11)25-7-5-19)22-16-14(18(20)24)10-21-23-6-3-4-15(16)23/h3-4,6,8-10,22H,7H2,1-2H3,(H2,20,24). The maximum Gasteiger partial charge on any atom is 0.252 e. The largest absolute Gasteiger partial charge is 0.478 e. The Balaban J connectivity index is 2.04. The zero-order chi connectivity index (χ0) is 18.0. The van der Waals surface area contributed by atoms with Crippen LogP contribution in [0.1, 0.15) is 21.5 Å². The molecular formula is C18H17N5O2. The van der Waals surface area contributed by atoms with Gasteiger partial charge in [0, 0.05) is 11.9 Å². The molecule has 3 rings (SSSR count). The number of carbonyl (C=O) groups excluding carboxylic acids is 1. The van der Waals surface area contributed by atoms with E-state index in [1.165, 1.54) is 6.20 Å². The fraction of sp³-hybridized carbons (Fsp3) is 0.167. The van der Waals surface area contributed by atoms with Crippen LogP contribution in [-0.2, 0) is 0 Å². The number of anilines is 2. The number of nitrogens with one attached hydrogen (secondary N) is 1.